The summed E-state index contributed by atoms with van der Waals surface area (Å²) >= 11 is 0. The quantitative estimate of drug-likeness (QED) is 0.866. The predicted molar refractivity (Wildman–Crippen MR) is 75.0 cm³/mol. The van der Waals surface area contributed by atoms with Gasteiger partial charge in [0.15, 0.2) is 9.84 Å². The lowest BCUT2D eigenvalue weighted by atomic mass is 10.1. The third kappa shape index (κ3) is 3.59. The summed E-state index contributed by atoms with van der Waals surface area (Å²) in [5.74, 6) is 0.482. The van der Waals surface area contributed by atoms with Crippen LogP contribution in [-0.4, -0.2) is 14.7 Å². The summed E-state index contributed by atoms with van der Waals surface area (Å²) in [4.78, 5) is 0.223. The van der Waals surface area contributed by atoms with Crippen molar-refractivity contribution in [2.24, 2.45) is 0 Å². The van der Waals surface area contributed by atoms with Crippen LogP contribution < -0.4 is 4.74 Å². The highest BCUT2D eigenvalue weighted by Crippen LogP contribution is 2.18. The van der Waals surface area contributed by atoms with Crippen LogP contribution >= 0.6 is 0 Å². The van der Waals surface area contributed by atoms with Gasteiger partial charge in [0, 0.05) is 6.26 Å². The van der Waals surface area contributed by atoms with Gasteiger partial charge in [-0.15, -0.1) is 0 Å². The van der Waals surface area contributed by atoms with E-state index >= 15 is 0 Å². The number of ether oxygens (including phenoxy) is 1. The molecular formula is C15H13NO3S. The largest absolute Gasteiger partial charge is 0.489 e. The fraction of sp³-hybridized carbons (Fsp3) is 0.133. The Labute approximate surface area is 118 Å². The fourth-order valence-corrected chi connectivity index (χ4v) is 2.35. The Kier molecular flexibility index (Phi) is 4.06. The molecule has 4 nitrogen and oxygen atoms in total. The smallest absolute Gasteiger partial charge is 0.175 e. The van der Waals surface area contributed by atoms with E-state index in [1.54, 1.807) is 30.3 Å². The van der Waals surface area contributed by atoms with Gasteiger partial charge in [0.1, 0.15) is 12.4 Å². The number of nitriles is 1. The Hall–Kier alpha value is -2.32. The molecule has 2 aromatic rings. The van der Waals surface area contributed by atoms with E-state index in [4.69, 9.17) is 10.00 Å². The van der Waals surface area contributed by atoms with Gasteiger partial charge in [-0.05, 0) is 35.9 Å². The molecule has 0 radical (unpaired) electrons. The maximum Gasteiger partial charge on any atom is 0.175 e. The molecule has 0 fully saturated rings. The van der Waals surface area contributed by atoms with Crippen LogP contribution in [0.5, 0.6) is 5.75 Å². The second kappa shape index (κ2) is 5.76. The van der Waals surface area contributed by atoms with Crippen LogP contribution in [0, 0.1) is 11.3 Å². The molecule has 0 amide bonds. The first-order chi connectivity index (χ1) is 9.49. The highest BCUT2D eigenvalue weighted by atomic mass is 32.2. The lowest BCUT2D eigenvalue weighted by Gasteiger charge is -2.07. The van der Waals surface area contributed by atoms with E-state index in [-0.39, 0.29) is 11.5 Å². The van der Waals surface area contributed by atoms with Gasteiger partial charge >= 0.3 is 0 Å². The zero-order valence-electron chi connectivity index (χ0n) is 10.9. The molecule has 0 saturated carbocycles. The van der Waals surface area contributed by atoms with Gasteiger partial charge in [0.05, 0.1) is 16.5 Å². The zero-order valence-corrected chi connectivity index (χ0v) is 11.7. The van der Waals surface area contributed by atoms with Crippen LogP contribution in [0.15, 0.2) is 53.4 Å². The third-order valence-electron chi connectivity index (χ3n) is 2.70. The van der Waals surface area contributed by atoms with Crippen LogP contribution in [-0.2, 0) is 16.4 Å². The number of hydrogen-bond donors (Lipinski definition) is 0. The number of sulfone groups is 1. The Morgan fingerprint density at radius 2 is 1.90 bits per heavy atom. The highest BCUT2D eigenvalue weighted by Gasteiger charge is 2.07. The SMILES string of the molecule is CS(=O)(=O)c1cccc(OCc2cccc(C#N)c2)c1. The first-order valence-electron chi connectivity index (χ1n) is 5.91. The van der Waals surface area contributed by atoms with E-state index in [0.29, 0.717) is 11.3 Å². The van der Waals surface area contributed by atoms with Crippen molar-refractivity contribution in [3.63, 3.8) is 0 Å². The summed E-state index contributed by atoms with van der Waals surface area (Å²) in [5.41, 5.74) is 1.42. The molecule has 0 aliphatic rings. The second-order valence-electron chi connectivity index (χ2n) is 4.35. The van der Waals surface area contributed by atoms with Crippen LogP contribution in [0.25, 0.3) is 0 Å². The van der Waals surface area contributed by atoms with Gasteiger partial charge in [-0.2, -0.15) is 5.26 Å². The van der Waals surface area contributed by atoms with E-state index in [2.05, 4.69) is 6.07 Å². The number of hydrogen-bond acceptors (Lipinski definition) is 4. The minimum atomic E-state index is -3.24. The highest BCUT2D eigenvalue weighted by molar-refractivity contribution is 7.90. The summed E-state index contributed by atoms with van der Waals surface area (Å²) < 4.78 is 28.5. The summed E-state index contributed by atoms with van der Waals surface area (Å²) in [6, 6.07) is 15.5. The van der Waals surface area contributed by atoms with Crippen LogP contribution in [0.3, 0.4) is 0 Å². The standard InChI is InChI=1S/C15H13NO3S/c1-20(17,18)15-7-3-6-14(9-15)19-11-13-5-2-4-12(8-13)10-16/h2-9H,11H2,1H3. The molecule has 5 heteroatoms. The van der Waals surface area contributed by atoms with E-state index in [0.717, 1.165) is 11.8 Å². The van der Waals surface area contributed by atoms with E-state index in [1.807, 2.05) is 6.07 Å². The molecule has 0 saturated heterocycles. The van der Waals surface area contributed by atoms with Gasteiger partial charge in [-0.25, -0.2) is 8.42 Å². The molecule has 0 aromatic heterocycles. The first-order valence-corrected chi connectivity index (χ1v) is 7.80. The zero-order chi connectivity index (χ0) is 14.6. The molecule has 102 valence electrons. The third-order valence-corrected chi connectivity index (χ3v) is 3.81. The van der Waals surface area contributed by atoms with Gasteiger partial charge < -0.3 is 4.74 Å². The Balaban J connectivity index is 2.13. The molecule has 2 aromatic carbocycles. The van der Waals surface area contributed by atoms with Crippen molar-refractivity contribution >= 4 is 9.84 Å². The minimum Gasteiger partial charge on any atom is -0.489 e. The molecule has 0 spiro atoms. The molecule has 0 N–H and O–H groups in total. The van der Waals surface area contributed by atoms with Gasteiger partial charge in [0.25, 0.3) is 0 Å². The summed E-state index contributed by atoms with van der Waals surface area (Å²) in [6.45, 7) is 0.280. The topological polar surface area (TPSA) is 67.2 Å². The van der Waals surface area contributed by atoms with Crippen LogP contribution in [0.1, 0.15) is 11.1 Å². The molecule has 0 heterocycles. The lowest BCUT2D eigenvalue weighted by Crippen LogP contribution is -1.99. The fourth-order valence-electron chi connectivity index (χ4n) is 1.69. The monoisotopic (exact) mass is 287 g/mol. The van der Waals surface area contributed by atoms with E-state index < -0.39 is 9.84 Å². The first kappa shape index (κ1) is 14.1. The van der Waals surface area contributed by atoms with Crippen molar-refractivity contribution in [1.82, 2.24) is 0 Å². The Bertz CT molecular complexity index is 761. The normalized spacial score (nSPS) is 10.8. The van der Waals surface area contributed by atoms with Gasteiger partial charge in [-0.1, -0.05) is 18.2 Å². The van der Waals surface area contributed by atoms with Gasteiger partial charge in [0.2, 0.25) is 0 Å². The van der Waals surface area contributed by atoms with Gasteiger partial charge in [-0.3, -0.25) is 0 Å². The molecule has 0 bridgehead atoms. The molecule has 0 atom stereocenters. The molecule has 0 aliphatic carbocycles. The number of rotatable bonds is 4. The van der Waals surface area contributed by atoms with Crippen molar-refractivity contribution < 1.29 is 13.2 Å². The summed E-state index contributed by atoms with van der Waals surface area (Å²) in [5, 5.41) is 8.82. The van der Waals surface area contributed by atoms with Crippen molar-refractivity contribution in [2.75, 3.05) is 6.26 Å². The average Bonchev–Trinajstić information content (AvgIpc) is 2.45. The number of nitrogens with zero attached hydrogens (tertiary/aromatic N) is 1. The van der Waals surface area contributed by atoms with Crippen molar-refractivity contribution in [3.05, 3.63) is 59.7 Å². The van der Waals surface area contributed by atoms with Crippen molar-refractivity contribution in [2.45, 2.75) is 11.5 Å². The Morgan fingerprint density at radius 3 is 2.60 bits per heavy atom. The van der Waals surface area contributed by atoms with Crippen LogP contribution in [0.4, 0.5) is 0 Å². The summed E-state index contributed by atoms with van der Waals surface area (Å²) in [6.07, 6.45) is 1.16. The minimum absolute atomic E-state index is 0.223. The molecule has 2 rings (SSSR count). The average molecular weight is 287 g/mol. The molecular weight excluding hydrogens is 274 g/mol. The maximum absolute atomic E-state index is 11.5. The summed E-state index contributed by atoms with van der Waals surface area (Å²) in [7, 11) is -3.24. The molecule has 0 unspecified atom stereocenters. The second-order valence-corrected chi connectivity index (χ2v) is 6.36. The lowest BCUT2D eigenvalue weighted by molar-refractivity contribution is 0.305. The van der Waals surface area contributed by atoms with Crippen molar-refractivity contribution in [1.29, 1.82) is 5.26 Å². The number of benzene rings is 2. The van der Waals surface area contributed by atoms with Crippen LogP contribution in [0.2, 0.25) is 0 Å². The Morgan fingerprint density at radius 1 is 1.15 bits per heavy atom. The van der Waals surface area contributed by atoms with E-state index in [1.165, 1.54) is 12.1 Å². The van der Waals surface area contributed by atoms with Crippen molar-refractivity contribution in [3.8, 4) is 11.8 Å². The predicted octanol–water partition coefficient (Wildman–Crippen LogP) is 2.54. The maximum atomic E-state index is 11.5. The molecule has 20 heavy (non-hydrogen) atoms. The molecule has 0 aliphatic heterocycles. The van der Waals surface area contributed by atoms with E-state index in [9.17, 15) is 8.42 Å².